The first kappa shape index (κ1) is 18.2. The van der Waals surface area contributed by atoms with E-state index in [1.165, 1.54) is 6.26 Å². The van der Waals surface area contributed by atoms with Crippen LogP contribution < -0.4 is 10.1 Å². The lowest BCUT2D eigenvalue weighted by Crippen LogP contribution is -2.45. The fraction of sp³-hybridized carbons (Fsp3) is 0.625. The molecule has 1 aromatic carbocycles. The molecule has 0 amide bonds. The Balaban J connectivity index is 1.58. The molecule has 0 spiro atoms. The molecule has 1 aliphatic heterocycles. The minimum atomic E-state index is -3.15. The van der Waals surface area contributed by atoms with Gasteiger partial charge in [0.05, 0.1) is 24.2 Å². The maximum Gasteiger partial charge on any atom is 0.175 e. The van der Waals surface area contributed by atoms with Gasteiger partial charge >= 0.3 is 0 Å². The number of morpholine rings is 1. The first-order chi connectivity index (χ1) is 10.9. The van der Waals surface area contributed by atoms with Gasteiger partial charge in [-0.15, -0.1) is 0 Å². The molecule has 0 aliphatic carbocycles. The Morgan fingerprint density at radius 3 is 2.74 bits per heavy atom. The number of ether oxygens (including phenoxy) is 2. The van der Waals surface area contributed by atoms with Crippen LogP contribution >= 0.6 is 0 Å². The molecule has 0 saturated carbocycles. The molecule has 1 fully saturated rings. The Morgan fingerprint density at radius 1 is 1.35 bits per heavy atom. The van der Waals surface area contributed by atoms with E-state index in [0.29, 0.717) is 17.3 Å². The molecule has 6 nitrogen and oxygen atoms in total. The third-order valence-electron chi connectivity index (χ3n) is 3.73. The highest BCUT2D eigenvalue weighted by Crippen LogP contribution is 2.15. The van der Waals surface area contributed by atoms with E-state index >= 15 is 0 Å². The van der Waals surface area contributed by atoms with Crippen molar-refractivity contribution in [3.8, 4) is 5.75 Å². The second-order valence-corrected chi connectivity index (χ2v) is 7.92. The molecule has 0 bridgehead atoms. The van der Waals surface area contributed by atoms with Gasteiger partial charge in [-0.25, -0.2) is 8.42 Å². The zero-order valence-electron chi connectivity index (χ0n) is 13.8. The molecule has 1 atom stereocenters. The molecule has 1 heterocycles. The first-order valence-corrected chi connectivity index (χ1v) is 9.78. The normalized spacial score (nSPS) is 19.7. The van der Waals surface area contributed by atoms with E-state index in [4.69, 9.17) is 9.47 Å². The Kier molecular flexibility index (Phi) is 6.83. The molecule has 0 aromatic heterocycles. The molecular weight excluding hydrogens is 316 g/mol. The average molecular weight is 342 g/mol. The highest BCUT2D eigenvalue weighted by molar-refractivity contribution is 7.90. The predicted molar refractivity (Wildman–Crippen MR) is 89.8 cm³/mol. The molecule has 23 heavy (non-hydrogen) atoms. The number of nitrogens with zero attached hydrogens (tertiary/aromatic N) is 1. The van der Waals surface area contributed by atoms with Crippen LogP contribution in [0.5, 0.6) is 5.75 Å². The van der Waals surface area contributed by atoms with Gasteiger partial charge < -0.3 is 19.7 Å². The molecular formula is C16H26N2O4S. The highest BCUT2D eigenvalue weighted by atomic mass is 32.2. The summed E-state index contributed by atoms with van der Waals surface area (Å²) in [7, 11) is -1.04. The number of benzene rings is 1. The van der Waals surface area contributed by atoms with Crippen molar-refractivity contribution in [2.24, 2.45) is 0 Å². The van der Waals surface area contributed by atoms with Crippen molar-refractivity contribution >= 4 is 9.84 Å². The minimum absolute atomic E-state index is 0.262. The van der Waals surface area contributed by atoms with Crippen LogP contribution in [-0.4, -0.2) is 72.1 Å². The summed E-state index contributed by atoms with van der Waals surface area (Å²) in [5.41, 5.74) is 0. The summed E-state index contributed by atoms with van der Waals surface area (Å²) in [6, 6.07) is 6.52. The lowest BCUT2D eigenvalue weighted by atomic mass is 10.3. The fourth-order valence-electron chi connectivity index (χ4n) is 2.42. The molecule has 0 radical (unpaired) electrons. The molecule has 1 N–H and O–H groups in total. The number of hydrogen-bond acceptors (Lipinski definition) is 6. The van der Waals surface area contributed by atoms with Crippen LogP contribution in [0.1, 0.15) is 6.42 Å². The number of hydrogen-bond donors (Lipinski definition) is 1. The summed E-state index contributed by atoms with van der Waals surface area (Å²) in [6.45, 7) is 5.09. The summed E-state index contributed by atoms with van der Waals surface area (Å²) in [5, 5.41) is 3.38. The summed E-state index contributed by atoms with van der Waals surface area (Å²) in [4.78, 5) is 2.59. The van der Waals surface area contributed by atoms with Gasteiger partial charge in [-0.3, -0.25) is 0 Å². The van der Waals surface area contributed by atoms with Crippen molar-refractivity contribution in [2.75, 3.05) is 52.7 Å². The van der Waals surface area contributed by atoms with Crippen LogP contribution in [0.25, 0.3) is 0 Å². The standard InChI is InChI=1S/C16H26N2O4S/c1-18-9-11-22-15(13-18)12-17-8-3-10-21-14-4-6-16(7-5-14)23(2,19)20/h4-7,15,17H,3,8-13H2,1-2H3. The maximum absolute atomic E-state index is 11.4. The van der Waals surface area contributed by atoms with E-state index in [-0.39, 0.29) is 6.10 Å². The molecule has 1 aliphatic rings. The predicted octanol–water partition coefficient (Wildman–Crippen LogP) is 0.779. The van der Waals surface area contributed by atoms with Gasteiger partial charge in [-0.2, -0.15) is 0 Å². The van der Waals surface area contributed by atoms with Crippen LogP contribution in [0.4, 0.5) is 0 Å². The van der Waals surface area contributed by atoms with E-state index in [1.807, 2.05) is 0 Å². The van der Waals surface area contributed by atoms with Gasteiger partial charge in [0.25, 0.3) is 0 Å². The SMILES string of the molecule is CN1CCOC(CNCCCOc2ccc(S(C)(=O)=O)cc2)C1. The summed E-state index contributed by atoms with van der Waals surface area (Å²) < 4.78 is 34.0. The second kappa shape index (κ2) is 8.63. The molecule has 130 valence electrons. The molecule has 1 saturated heterocycles. The van der Waals surface area contributed by atoms with Gasteiger partial charge in [0.15, 0.2) is 9.84 Å². The van der Waals surface area contributed by atoms with Crippen molar-refractivity contribution in [3.63, 3.8) is 0 Å². The van der Waals surface area contributed by atoms with Crippen molar-refractivity contribution in [1.82, 2.24) is 10.2 Å². The Bertz CT molecular complexity index is 574. The van der Waals surface area contributed by atoms with Gasteiger partial charge in [0.1, 0.15) is 5.75 Å². The number of nitrogens with one attached hydrogen (secondary N) is 1. The zero-order chi connectivity index (χ0) is 16.7. The largest absolute Gasteiger partial charge is 0.494 e. The van der Waals surface area contributed by atoms with Crippen molar-refractivity contribution in [3.05, 3.63) is 24.3 Å². The van der Waals surface area contributed by atoms with Crippen molar-refractivity contribution in [2.45, 2.75) is 17.4 Å². The molecule has 7 heteroatoms. The monoisotopic (exact) mass is 342 g/mol. The summed E-state index contributed by atoms with van der Waals surface area (Å²) in [6.07, 6.45) is 2.34. The topological polar surface area (TPSA) is 67.9 Å². The van der Waals surface area contributed by atoms with Crippen molar-refractivity contribution in [1.29, 1.82) is 0 Å². The van der Waals surface area contributed by atoms with Crippen LogP contribution in [0.2, 0.25) is 0 Å². The zero-order valence-corrected chi connectivity index (χ0v) is 14.6. The van der Waals surface area contributed by atoms with Crippen molar-refractivity contribution < 1.29 is 17.9 Å². The first-order valence-electron chi connectivity index (χ1n) is 7.89. The van der Waals surface area contributed by atoms with Crippen LogP contribution in [0.3, 0.4) is 0 Å². The van der Waals surface area contributed by atoms with Gasteiger partial charge in [0.2, 0.25) is 0 Å². The molecule has 1 aromatic rings. The smallest absolute Gasteiger partial charge is 0.175 e. The van der Waals surface area contributed by atoms with E-state index in [9.17, 15) is 8.42 Å². The molecule has 1 unspecified atom stereocenters. The van der Waals surface area contributed by atoms with E-state index in [2.05, 4.69) is 17.3 Å². The number of rotatable bonds is 8. The lowest BCUT2D eigenvalue weighted by molar-refractivity contribution is -0.0180. The van der Waals surface area contributed by atoms with E-state index in [0.717, 1.165) is 39.2 Å². The van der Waals surface area contributed by atoms with Crippen LogP contribution in [-0.2, 0) is 14.6 Å². The summed E-state index contributed by atoms with van der Waals surface area (Å²) in [5.74, 6) is 0.689. The van der Waals surface area contributed by atoms with Gasteiger partial charge in [-0.1, -0.05) is 0 Å². The van der Waals surface area contributed by atoms with E-state index < -0.39 is 9.84 Å². The van der Waals surface area contributed by atoms with Crippen LogP contribution in [0, 0.1) is 0 Å². The fourth-order valence-corrected chi connectivity index (χ4v) is 3.05. The molecule has 2 rings (SSSR count). The van der Waals surface area contributed by atoms with Gasteiger partial charge in [-0.05, 0) is 44.3 Å². The van der Waals surface area contributed by atoms with Crippen LogP contribution in [0.15, 0.2) is 29.2 Å². The maximum atomic E-state index is 11.4. The Labute approximate surface area is 138 Å². The second-order valence-electron chi connectivity index (χ2n) is 5.90. The third kappa shape index (κ3) is 6.47. The average Bonchev–Trinajstić information content (AvgIpc) is 2.50. The minimum Gasteiger partial charge on any atom is -0.494 e. The quantitative estimate of drug-likeness (QED) is 0.704. The van der Waals surface area contributed by atoms with Gasteiger partial charge in [0, 0.05) is 25.9 Å². The number of likely N-dealkylation sites (N-methyl/N-ethyl adjacent to an activating group) is 1. The van der Waals surface area contributed by atoms with E-state index in [1.54, 1.807) is 24.3 Å². The third-order valence-corrected chi connectivity index (χ3v) is 4.86. The number of sulfone groups is 1. The Morgan fingerprint density at radius 2 is 2.09 bits per heavy atom. The Hall–Kier alpha value is -1.15. The lowest BCUT2D eigenvalue weighted by Gasteiger charge is -2.30. The summed E-state index contributed by atoms with van der Waals surface area (Å²) >= 11 is 0. The highest BCUT2D eigenvalue weighted by Gasteiger charge is 2.16.